The number of rotatable bonds is 9. The van der Waals surface area contributed by atoms with Gasteiger partial charge in [-0.05, 0) is 43.1 Å². The lowest BCUT2D eigenvalue weighted by Crippen LogP contribution is -2.33. The summed E-state index contributed by atoms with van der Waals surface area (Å²) in [5.41, 5.74) is 0. The fourth-order valence-corrected chi connectivity index (χ4v) is 3.49. The van der Waals surface area contributed by atoms with Gasteiger partial charge in [-0.15, -0.1) is 0 Å². The van der Waals surface area contributed by atoms with Gasteiger partial charge in [0.1, 0.15) is 0 Å². The van der Waals surface area contributed by atoms with Crippen molar-refractivity contribution in [3.05, 3.63) is 0 Å². The summed E-state index contributed by atoms with van der Waals surface area (Å²) in [6, 6.07) is 0.703. The van der Waals surface area contributed by atoms with Gasteiger partial charge in [-0.1, -0.05) is 19.3 Å². The van der Waals surface area contributed by atoms with Crippen molar-refractivity contribution in [3.8, 4) is 0 Å². The minimum Gasteiger partial charge on any atom is -0.412 e. The van der Waals surface area contributed by atoms with Crippen LogP contribution in [-0.2, 0) is 9.15 Å². The lowest BCUT2D eigenvalue weighted by molar-refractivity contribution is 0.371. The Labute approximate surface area is 119 Å². The Morgan fingerprint density at radius 2 is 1.79 bits per heavy atom. The molecule has 0 aromatic rings. The van der Waals surface area contributed by atoms with E-state index in [4.69, 9.17) is 4.55 Å². The molecule has 5 N–H and O–H groups in total. The summed E-state index contributed by atoms with van der Waals surface area (Å²) < 4.78 is 29.3. The van der Waals surface area contributed by atoms with E-state index >= 15 is 0 Å². The van der Waals surface area contributed by atoms with Gasteiger partial charge in [0.2, 0.25) is 0 Å². The highest BCUT2D eigenvalue weighted by molar-refractivity contribution is 8.69. The Bertz CT molecular complexity index is 306. The Balaban J connectivity index is 0.00000324. The molecule has 116 valence electrons. The van der Waals surface area contributed by atoms with Crippen LogP contribution in [0.15, 0.2) is 0 Å². The zero-order valence-corrected chi connectivity index (χ0v) is 12.9. The molecule has 0 radical (unpaired) electrons. The Hall–Kier alpha value is 0.140. The summed E-state index contributed by atoms with van der Waals surface area (Å²) in [5.74, 6) is 0.384. The fourth-order valence-electron chi connectivity index (χ4n) is 2.17. The molecule has 1 fully saturated rings. The van der Waals surface area contributed by atoms with Crippen molar-refractivity contribution in [2.75, 3.05) is 25.4 Å². The van der Waals surface area contributed by atoms with Crippen LogP contribution in [0.25, 0.3) is 0 Å². The van der Waals surface area contributed by atoms with Crippen molar-refractivity contribution < 1.29 is 18.4 Å². The van der Waals surface area contributed by atoms with E-state index in [9.17, 15) is 8.42 Å². The highest BCUT2D eigenvalue weighted by Crippen LogP contribution is 2.17. The van der Waals surface area contributed by atoms with Gasteiger partial charge in [-0.2, -0.15) is 8.42 Å². The quantitative estimate of drug-likeness (QED) is 0.326. The van der Waals surface area contributed by atoms with E-state index in [0.29, 0.717) is 29.1 Å². The van der Waals surface area contributed by atoms with Gasteiger partial charge in [0, 0.05) is 18.3 Å². The molecule has 1 aliphatic carbocycles. The normalized spacial score (nSPS) is 17.1. The van der Waals surface area contributed by atoms with Crippen molar-refractivity contribution in [1.29, 1.82) is 0 Å². The Kier molecular flexibility index (Phi) is 11.0. The van der Waals surface area contributed by atoms with E-state index in [0.717, 1.165) is 19.5 Å². The van der Waals surface area contributed by atoms with E-state index in [1.54, 1.807) is 0 Å². The molecule has 0 heterocycles. The first kappa shape index (κ1) is 19.1. The Morgan fingerprint density at radius 1 is 1.11 bits per heavy atom. The number of hydrogen-bond acceptors (Lipinski definition) is 5. The van der Waals surface area contributed by atoms with Crippen LogP contribution in [0.3, 0.4) is 0 Å². The van der Waals surface area contributed by atoms with Crippen LogP contribution in [0.5, 0.6) is 0 Å². The molecular formula is C11H26N2O4S2. The van der Waals surface area contributed by atoms with E-state index in [-0.39, 0.29) is 5.48 Å². The maximum Gasteiger partial charge on any atom is 0.319 e. The minimum atomic E-state index is -3.87. The molecule has 0 amide bonds. The van der Waals surface area contributed by atoms with Gasteiger partial charge >= 0.3 is 9.15 Å². The summed E-state index contributed by atoms with van der Waals surface area (Å²) in [7, 11) is -3.30. The van der Waals surface area contributed by atoms with Crippen LogP contribution in [0, 0.1) is 0 Å². The van der Waals surface area contributed by atoms with E-state index in [1.165, 1.54) is 32.1 Å². The van der Waals surface area contributed by atoms with Crippen LogP contribution < -0.4 is 10.6 Å². The second-order valence-corrected chi connectivity index (χ2v) is 8.11. The smallest absolute Gasteiger partial charge is 0.319 e. The summed E-state index contributed by atoms with van der Waals surface area (Å²) in [4.78, 5) is 0. The standard InChI is InChI=1S/C11H24N2O3S2.H2O/c14-18(15,16)17-10-9-12-7-4-8-13-11-5-2-1-3-6-11;/h11-13H,1-10H2,(H,14,15,16);1H2. The highest BCUT2D eigenvalue weighted by Gasteiger charge is 2.11. The molecule has 0 aromatic carbocycles. The van der Waals surface area contributed by atoms with Crippen LogP contribution in [0.2, 0.25) is 0 Å². The lowest BCUT2D eigenvalue weighted by Gasteiger charge is -2.22. The molecule has 19 heavy (non-hydrogen) atoms. The lowest BCUT2D eigenvalue weighted by atomic mass is 9.95. The van der Waals surface area contributed by atoms with E-state index in [2.05, 4.69) is 10.6 Å². The molecule has 1 aliphatic rings. The first-order chi connectivity index (χ1) is 8.58. The molecule has 8 heteroatoms. The molecule has 0 aromatic heterocycles. The van der Waals surface area contributed by atoms with Crippen LogP contribution >= 0.6 is 10.8 Å². The maximum absolute atomic E-state index is 10.4. The monoisotopic (exact) mass is 314 g/mol. The van der Waals surface area contributed by atoms with Crippen molar-refractivity contribution >= 4 is 19.9 Å². The molecule has 6 nitrogen and oxygen atoms in total. The van der Waals surface area contributed by atoms with Gasteiger partial charge in [-0.3, -0.25) is 4.55 Å². The third-order valence-corrected chi connectivity index (χ3v) is 5.14. The molecular weight excluding hydrogens is 288 g/mol. The highest BCUT2D eigenvalue weighted by atomic mass is 33.1. The van der Waals surface area contributed by atoms with Crippen molar-refractivity contribution in [3.63, 3.8) is 0 Å². The first-order valence-corrected chi connectivity index (χ1v) is 9.58. The zero-order valence-electron chi connectivity index (χ0n) is 11.2. The second kappa shape index (κ2) is 10.9. The molecule has 0 aliphatic heterocycles. The third-order valence-electron chi connectivity index (χ3n) is 3.08. The molecule has 0 spiro atoms. The zero-order chi connectivity index (χ0) is 13.3. The predicted octanol–water partition coefficient (Wildman–Crippen LogP) is 0.600. The number of nitrogens with one attached hydrogen (secondary N) is 2. The largest absolute Gasteiger partial charge is 0.412 e. The van der Waals surface area contributed by atoms with Gasteiger partial charge in [-0.25, -0.2) is 0 Å². The van der Waals surface area contributed by atoms with Crippen LogP contribution in [0.1, 0.15) is 38.5 Å². The maximum atomic E-state index is 10.4. The molecule has 1 rings (SSSR count). The molecule has 1 saturated carbocycles. The Morgan fingerprint density at radius 3 is 2.42 bits per heavy atom. The van der Waals surface area contributed by atoms with Crippen LogP contribution in [-0.4, -0.2) is 49.9 Å². The van der Waals surface area contributed by atoms with E-state index < -0.39 is 9.15 Å². The average Bonchev–Trinajstić information content (AvgIpc) is 2.32. The SMILES string of the molecule is O.O=S(=O)(O)SCCNCCCNC1CCCCC1. The topological polar surface area (TPSA) is 110 Å². The predicted molar refractivity (Wildman–Crippen MR) is 80.0 cm³/mol. The number of hydrogen-bond donors (Lipinski definition) is 3. The summed E-state index contributed by atoms with van der Waals surface area (Å²) >= 11 is 0. The molecule has 0 saturated heterocycles. The van der Waals surface area contributed by atoms with E-state index in [1.807, 2.05) is 0 Å². The van der Waals surface area contributed by atoms with Crippen molar-refractivity contribution in [2.24, 2.45) is 0 Å². The van der Waals surface area contributed by atoms with Crippen molar-refractivity contribution in [1.82, 2.24) is 10.6 Å². The minimum absolute atomic E-state index is 0. The van der Waals surface area contributed by atoms with Gasteiger partial charge < -0.3 is 16.1 Å². The summed E-state index contributed by atoms with van der Waals surface area (Å²) in [5, 5.41) is 6.71. The summed E-state index contributed by atoms with van der Waals surface area (Å²) in [6.07, 6.45) is 7.74. The second-order valence-electron chi connectivity index (χ2n) is 4.64. The fraction of sp³-hybridized carbons (Fsp3) is 1.00. The molecule has 0 atom stereocenters. The van der Waals surface area contributed by atoms with Gasteiger partial charge in [0.05, 0.1) is 0 Å². The third kappa shape index (κ3) is 11.6. The van der Waals surface area contributed by atoms with Gasteiger partial charge in [0.25, 0.3) is 0 Å². The summed E-state index contributed by atoms with van der Waals surface area (Å²) in [6.45, 7) is 2.50. The van der Waals surface area contributed by atoms with Crippen LogP contribution in [0.4, 0.5) is 0 Å². The molecule has 0 unspecified atom stereocenters. The first-order valence-electron chi connectivity index (χ1n) is 6.64. The van der Waals surface area contributed by atoms with Gasteiger partial charge in [0.15, 0.2) is 0 Å². The average molecular weight is 314 g/mol. The van der Waals surface area contributed by atoms with Crippen molar-refractivity contribution in [2.45, 2.75) is 44.6 Å². The molecule has 0 bridgehead atoms.